The molecule has 1 fully saturated rings. The van der Waals surface area contributed by atoms with Crippen LogP contribution in [-0.4, -0.2) is 35.6 Å². The van der Waals surface area contributed by atoms with Gasteiger partial charge in [0.15, 0.2) is 0 Å². The summed E-state index contributed by atoms with van der Waals surface area (Å²) < 4.78 is 0. The first-order chi connectivity index (χ1) is 4.75. The van der Waals surface area contributed by atoms with E-state index in [1.165, 1.54) is 0 Å². The molecule has 1 heterocycles. The quantitative estimate of drug-likeness (QED) is 0.539. The summed E-state index contributed by atoms with van der Waals surface area (Å²) in [7, 11) is 0. The van der Waals surface area contributed by atoms with Gasteiger partial charge in [0.1, 0.15) is 0 Å². The van der Waals surface area contributed by atoms with Gasteiger partial charge >= 0.3 is 0 Å². The number of rotatable bonds is 2. The topological polar surface area (TPSA) is 40.5 Å². The minimum atomic E-state index is -0.00551. The van der Waals surface area contributed by atoms with Crippen LogP contribution in [0.1, 0.15) is 6.42 Å². The van der Waals surface area contributed by atoms with Crippen LogP contribution in [0.4, 0.5) is 0 Å². The second-order valence-electron chi connectivity index (χ2n) is 2.37. The largest absolute Gasteiger partial charge is 0.395 e. The van der Waals surface area contributed by atoms with Crippen molar-refractivity contribution in [1.82, 2.24) is 4.90 Å². The fraction of sp³-hybridized carbons (Fsp3) is 0.571. The first-order valence-electron chi connectivity index (χ1n) is 3.33. The second-order valence-corrected chi connectivity index (χ2v) is 2.37. The Hall–Kier alpha value is -0.830. The summed E-state index contributed by atoms with van der Waals surface area (Å²) >= 11 is 0. The van der Waals surface area contributed by atoms with Crippen LogP contribution in [0.15, 0.2) is 12.2 Å². The predicted octanol–water partition coefficient (Wildman–Crippen LogP) is -0.233. The minimum Gasteiger partial charge on any atom is -0.395 e. The van der Waals surface area contributed by atoms with Crippen LogP contribution < -0.4 is 0 Å². The zero-order valence-corrected chi connectivity index (χ0v) is 5.84. The van der Waals surface area contributed by atoms with E-state index in [4.69, 9.17) is 5.11 Å². The van der Waals surface area contributed by atoms with E-state index < -0.39 is 0 Å². The summed E-state index contributed by atoms with van der Waals surface area (Å²) in [5.41, 5.74) is 0.661. The molecule has 56 valence electrons. The van der Waals surface area contributed by atoms with Crippen molar-refractivity contribution in [2.45, 2.75) is 6.42 Å². The number of amides is 1. The molecule has 0 atom stereocenters. The zero-order chi connectivity index (χ0) is 7.56. The van der Waals surface area contributed by atoms with Gasteiger partial charge < -0.3 is 10.0 Å². The van der Waals surface area contributed by atoms with Crippen LogP contribution in [0.25, 0.3) is 0 Å². The third kappa shape index (κ3) is 1.19. The molecule has 0 saturated carbocycles. The summed E-state index contributed by atoms with van der Waals surface area (Å²) in [4.78, 5) is 12.6. The molecule has 1 N–H and O–H groups in total. The van der Waals surface area contributed by atoms with Crippen LogP contribution in [0.5, 0.6) is 0 Å². The molecule has 10 heavy (non-hydrogen) atoms. The number of aliphatic hydroxyl groups excluding tert-OH is 1. The molecule has 0 aromatic carbocycles. The fourth-order valence-electron chi connectivity index (χ4n) is 1.04. The van der Waals surface area contributed by atoms with Crippen molar-refractivity contribution >= 4 is 5.91 Å². The molecule has 1 amide bonds. The average Bonchev–Trinajstić information content (AvgIpc) is 2.20. The number of carbonyl (C=O) groups excluding carboxylic acids is 1. The first-order valence-corrected chi connectivity index (χ1v) is 3.33. The molecule has 3 heteroatoms. The van der Waals surface area contributed by atoms with Crippen LogP contribution in [0.3, 0.4) is 0 Å². The van der Waals surface area contributed by atoms with Crippen LogP contribution in [0.2, 0.25) is 0 Å². The Kier molecular flexibility index (Phi) is 2.06. The van der Waals surface area contributed by atoms with Crippen LogP contribution >= 0.6 is 0 Å². The first kappa shape index (κ1) is 7.28. The number of hydrogen-bond acceptors (Lipinski definition) is 2. The molecule has 1 aliphatic rings. The summed E-state index contributed by atoms with van der Waals surface area (Å²) in [5.74, 6) is -0.00551. The van der Waals surface area contributed by atoms with Gasteiger partial charge in [-0.15, -0.1) is 0 Å². The number of likely N-dealkylation sites (tertiary alicyclic amines) is 1. The number of nitrogens with zero attached hydrogens (tertiary/aromatic N) is 1. The Bertz CT molecular complexity index is 165. The highest BCUT2D eigenvalue weighted by Crippen LogP contribution is 2.13. The Balaban J connectivity index is 2.49. The minimum absolute atomic E-state index is 0.00551. The van der Waals surface area contributed by atoms with E-state index >= 15 is 0 Å². The Morgan fingerprint density at radius 3 is 2.80 bits per heavy atom. The normalized spacial score (nSPS) is 18.7. The monoisotopic (exact) mass is 141 g/mol. The highest BCUT2D eigenvalue weighted by Gasteiger charge is 2.22. The Morgan fingerprint density at radius 1 is 1.70 bits per heavy atom. The highest BCUT2D eigenvalue weighted by atomic mass is 16.3. The molecule has 0 aromatic heterocycles. The number of β-amino-alcohol motifs (C(OH)–C–C–N with tert-alkyl or cyclic N) is 1. The van der Waals surface area contributed by atoms with Gasteiger partial charge in [-0.3, -0.25) is 4.79 Å². The standard InChI is InChI=1S/C7H11NO2/c1-6-2-3-8(4-5-9)7(6)10/h9H,1-5H2. The molecule has 0 radical (unpaired) electrons. The van der Waals surface area contributed by atoms with Crippen molar-refractivity contribution in [1.29, 1.82) is 0 Å². The Labute approximate surface area is 59.9 Å². The molecule has 0 bridgehead atoms. The van der Waals surface area contributed by atoms with Crippen molar-refractivity contribution in [2.75, 3.05) is 19.7 Å². The predicted molar refractivity (Wildman–Crippen MR) is 37.4 cm³/mol. The lowest BCUT2D eigenvalue weighted by Crippen LogP contribution is -2.27. The second kappa shape index (κ2) is 2.84. The fourth-order valence-corrected chi connectivity index (χ4v) is 1.04. The molecule has 1 saturated heterocycles. The maximum Gasteiger partial charge on any atom is 0.249 e. The van der Waals surface area contributed by atoms with Gasteiger partial charge in [0.2, 0.25) is 5.91 Å². The molecule has 3 nitrogen and oxygen atoms in total. The lowest BCUT2D eigenvalue weighted by atomic mass is 10.3. The summed E-state index contributed by atoms with van der Waals surface area (Å²) in [6.45, 7) is 4.80. The molecule has 0 aliphatic carbocycles. The van der Waals surface area contributed by atoms with Gasteiger partial charge in [0, 0.05) is 18.7 Å². The van der Waals surface area contributed by atoms with E-state index in [0.29, 0.717) is 12.1 Å². The van der Waals surface area contributed by atoms with E-state index in [9.17, 15) is 4.79 Å². The number of hydrogen-bond donors (Lipinski definition) is 1. The van der Waals surface area contributed by atoms with E-state index in [0.717, 1.165) is 13.0 Å². The SMILES string of the molecule is C=C1CCN(CCO)C1=O. The van der Waals surface area contributed by atoms with Gasteiger partial charge in [0.25, 0.3) is 0 Å². The van der Waals surface area contributed by atoms with Crippen molar-refractivity contribution < 1.29 is 9.90 Å². The van der Waals surface area contributed by atoms with Crippen molar-refractivity contribution in [3.63, 3.8) is 0 Å². The van der Waals surface area contributed by atoms with Crippen molar-refractivity contribution in [2.24, 2.45) is 0 Å². The maximum atomic E-state index is 11.0. The van der Waals surface area contributed by atoms with Crippen molar-refractivity contribution in [3.05, 3.63) is 12.2 Å². The molecule has 0 spiro atoms. The molecule has 0 aromatic rings. The van der Waals surface area contributed by atoms with E-state index in [1.54, 1.807) is 4.90 Å². The van der Waals surface area contributed by atoms with E-state index in [-0.39, 0.29) is 12.5 Å². The van der Waals surface area contributed by atoms with E-state index in [2.05, 4.69) is 6.58 Å². The number of aliphatic hydroxyl groups is 1. The van der Waals surface area contributed by atoms with Crippen molar-refractivity contribution in [3.8, 4) is 0 Å². The molecular weight excluding hydrogens is 130 g/mol. The molecule has 1 rings (SSSR count). The zero-order valence-electron chi connectivity index (χ0n) is 5.84. The lowest BCUT2D eigenvalue weighted by molar-refractivity contribution is -0.125. The number of carbonyl (C=O) groups is 1. The van der Waals surface area contributed by atoms with E-state index in [1.807, 2.05) is 0 Å². The molecular formula is C7H11NO2. The molecule has 1 aliphatic heterocycles. The Morgan fingerprint density at radius 2 is 2.40 bits per heavy atom. The highest BCUT2D eigenvalue weighted by molar-refractivity contribution is 5.94. The van der Waals surface area contributed by atoms with Crippen LogP contribution in [0, 0.1) is 0 Å². The van der Waals surface area contributed by atoms with Gasteiger partial charge in [0.05, 0.1) is 6.61 Å². The summed E-state index contributed by atoms with van der Waals surface area (Å²) in [6, 6.07) is 0. The van der Waals surface area contributed by atoms with Gasteiger partial charge in [-0.05, 0) is 6.42 Å². The van der Waals surface area contributed by atoms with Gasteiger partial charge in [-0.25, -0.2) is 0 Å². The summed E-state index contributed by atoms with van der Waals surface area (Å²) in [6.07, 6.45) is 0.749. The van der Waals surface area contributed by atoms with Gasteiger partial charge in [-0.2, -0.15) is 0 Å². The molecule has 0 unspecified atom stereocenters. The van der Waals surface area contributed by atoms with Gasteiger partial charge in [-0.1, -0.05) is 6.58 Å². The average molecular weight is 141 g/mol. The van der Waals surface area contributed by atoms with Crippen LogP contribution in [-0.2, 0) is 4.79 Å². The maximum absolute atomic E-state index is 11.0. The third-order valence-electron chi connectivity index (χ3n) is 1.64. The summed E-state index contributed by atoms with van der Waals surface area (Å²) in [5, 5.41) is 8.51. The lowest BCUT2D eigenvalue weighted by Gasteiger charge is -2.11. The smallest absolute Gasteiger partial charge is 0.249 e. The third-order valence-corrected chi connectivity index (χ3v) is 1.64.